The van der Waals surface area contributed by atoms with E-state index in [4.69, 9.17) is 22.9 Å². The number of primary amides is 1. The molecular weight excluding hydrogens is 556 g/mol. The van der Waals surface area contributed by atoms with Gasteiger partial charge in [0.05, 0.1) is 6.04 Å². The number of nitrogens with two attached hydrogens (primary N) is 4. The fourth-order valence-corrected chi connectivity index (χ4v) is 4.16. The largest absolute Gasteiger partial charge is 0.480 e. The van der Waals surface area contributed by atoms with Gasteiger partial charge in [0.15, 0.2) is 5.96 Å². The van der Waals surface area contributed by atoms with E-state index in [1.165, 1.54) is 0 Å². The van der Waals surface area contributed by atoms with Crippen LogP contribution in [0.25, 0.3) is 0 Å². The van der Waals surface area contributed by atoms with Gasteiger partial charge in [-0.3, -0.25) is 24.2 Å². The summed E-state index contributed by atoms with van der Waals surface area (Å²) in [6, 6.07) is 13.4. The molecule has 4 atom stereocenters. The molecule has 0 aliphatic carbocycles. The van der Waals surface area contributed by atoms with Crippen LogP contribution in [-0.4, -0.2) is 71.4 Å². The summed E-state index contributed by atoms with van der Waals surface area (Å²) in [5, 5.41) is 17.2. The van der Waals surface area contributed by atoms with Gasteiger partial charge in [0.2, 0.25) is 23.6 Å². The van der Waals surface area contributed by atoms with Crippen LogP contribution in [-0.2, 0) is 36.8 Å². The van der Waals surface area contributed by atoms with Crippen LogP contribution in [0, 0.1) is 0 Å². The van der Waals surface area contributed by atoms with Crippen LogP contribution in [0.3, 0.4) is 0 Å². The quantitative estimate of drug-likeness (QED) is 0.0574. The summed E-state index contributed by atoms with van der Waals surface area (Å²) in [7, 11) is 0. The minimum Gasteiger partial charge on any atom is -0.480 e. The molecule has 14 heteroatoms. The lowest BCUT2D eigenvalue weighted by Gasteiger charge is -2.25. The Morgan fingerprint density at radius 3 is 1.74 bits per heavy atom. The van der Waals surface area contributed by atoms with Crippen molar-refractivity contribution in [3.05, 3.63) is 71.8 Å². The van der Waals surface area contributed by atoms with Gasteiger partial charge in [0.25, 0.3) is 0 Å². The Kier molecular flexibility index (Phi) is 14.1. The molecule has 0 aliphatic rings. The first kappa shape index (κ1) is 34.2. The number of carbonyl (C=O) groups excluding carboxylic acids is 4. The Hall–Kier alpha value is -4.98. The lowest BCUT2D eigenvalue weighted by atomic mass is 10.0. The molecule has 2 rings (SSSR count). The summed E-state index contributed by atoms with van der Waals surface area (Å²) in [5.74, 6) is -4.31. The summed E-state index contributed by atoms with van der Waals surface area (Å²) < 4.78 is 0. The highest BCUT2D eigenvalue weighted by Crippen LogP contribution is 2.08. The first-order chi connectivity index (χ1) is 20.5. The third-order valence-corrected chi connectivity index (χ3v) is 6.42. The number of aliphatic carboxylic acids is 1. The maximum absolute atomic E-state index is 13.6. The Bertz CT molecular complexity index is 1250. The van der Waals surface area contributed by atoms with Crippen molar-refractivity contribution in [1.29, 1.82) is 0 Å². The minimum atomic E-state index is -1.42. The molecule has 2 aromatic carbocycles. The minimum absolute atomic E-state index is 0.0377. The number of nitrogens with zero attached hydrogens (tertiary/aromatic N) is 1. The van der Waals surface area contributed by atoms with Crippen molar-refractivity contribution in [3.63, 3.8) is 0 Å². The van der Waals surface area contributed by atoms with Crippen molar-refractivity contribution in [2.24, 2.45) is 27.9 Å². The highest BCUT2D eigenvalue weighted by Gasteiger charge is 2.30. The lowest BCUT2D eigenvalue weighted by Crippen LogP contribution is -2.57. The predicted molar refractivity (Wildman–Crippen MR) is 160 cm³/mol. The highest BCUT2D eigenvalue weighted by atomic mass is 16.4. The van der Waals surface area contributed by atoms with Crippen molar-refractivity contribution in [2.45, 2.75) is 62.7 Å². The molecule has 4 amide bonds. The molecule has 14 nitrogen and oxygen atoms in total. The van der Waals surface area contributed by atoms with Crippen LogP contribution in [0.2, 0.25) is 0 Å². The van der Waals surface area contributed by atoms with Gasteiger partial charge < -0.3 is 44.0 Å². The molecule has 0 radical (unpaired) electrons. The normalized spacial score (nSPS) is 13.4. The van der Waals surface area contributed by atoms with Crippen LogP contribution >= 0.6 is 0 Å². The number of carboxylic acid groups (broad SMARTS) is 1. The van der Waals surface area contributed by atoms with E-state index in [0.717, 1.165) is 11.1 Å². The molecule has 0 spiro atoms. The fourth-order valence-electron chi connectivity index (χ4n) is 4.16. The Labute approximate surface area is 249 Å². The van der Waals surface area contributed by atoms with Gasteiger partial charge in [-0.1, -0.05) is 60.7 Å². The van der Waals surface area contributed by atoms with Gasteiger partial charge >= 0.3 is 5.97 Å². The number of rotatable bonds is 18. The number of carboxylic acids is 1. The number of nitrogens with one attached hydrogen (secondary N) is 3. The van der Waals surface area contributed by atoms with Crippen molar-refractivity contribution < 1.29 is 29.1 Å². The molecule has 2 aromatic rings. The molecule has 232 valence electrons. The number of guanidine groups is 1. The number of hydrogen-bond acceptors (Lipinski definition) is 7. The number of carbonyl (C=O) groups is 5. The molecule has 4 unspecified atom stereocenters. The Balaban J connectivity index is 2.24. The van der Waals surface area contributed by atoms with Gasteiger partial charge in [-0.2, -0.15) is 0 Å². The zero-order chi connectivity index (χ0) is 31.8. The van der Waals surface area contributed by atoms with Gasteiger partial charge in [-0.05, 0) is 36.8 Å². The topological polar surface area (TPSA) is 258 Å². The molecule has 0 fully saturated rings. The first-order valence-electron chi connectivity index (χ1n) is 13.8. The average molecular weight is 597 g/mol. The smallest absolute Gasteiger partial charge is 0.326 e. The average Bonchev–Trinajstić information content (AvgIpc) is 2.96. The number of hydrogen-bond donors (Lipinski definition) is 8. The van der Waals surface area contributed by atoms with Gasteiger partial charge in [0.1, 0.15) is 18.1 Å². The van der Waals surface area contributed by atoms with E-state index in [1.807, 2.05) is 30.3 Å². The van der Waals surface area contributed by atoms with Crippen molar-refractivity contribution in [2.75, 3.05) is 6.54 Å². The summed E-state index contributed by atoms with van der Waals surface area (Å²) >= 11 is 0. The van der Waals surface area contributed by atoms with E-state index >= 15 is 0 Å². The monoisotopic (exact) mass is 596 g/mol. The maximum Gasteiger partial charge on any atom is 0.326 e. The molecule has 0 aromatic heterocycles. The Morgan fingerprint density at radius 2 is 1.21 bits per heavy atom. The second-order valence-electron chi connectivity index (χ2n) is 9.96. The molecule has 0 heterocycles. The van der Waals surface area contributed by atoms with Gasteiger partial charge in [-0.25, -0.2) is 4.79 Å². The second-order valence-corrected chi connectivity index (χ2v) is 9.96. The molecule has 0 aliphatic heterocycles. The number of benzene rings is 2. The highest BCUT2D eigenvalue weighted by molar-refractivity contribution is 5.94. The van der Waals surface area contributed by atoms with Crippen LogP contribution < -0.4 is 38.9 Å². The third-order valence-electron chi connectivity index (χ3n) is 6.42. The molecule has 0 saturated heterocycles. The molecule has 0 bridgehead atoms. The molecule has 12 N–H and O–H groups in total. The summed E-state index contributed by atoms with van der Waals surface area (Å²) in [5.41, 5.74) is 23.6. The van der Waals surface area contributed by atoms with E-state index < -0.39 is 53.8 Å². The standard InChI is InChI=1S/C29H40N8O6/c30-20(16-18-8-3-1-4-9-18)25(39)37-23(17-19-10-5-2-6-11-19)27(41)35-21(12-7-15-34-29(32)33)26(40)36-22(28(42)43)13-14-24(31)38/h1-6,8-11,20-23H,7,12-17,30H2,(H2,31,38)(H,35,41)(H,36,40)(H,37,39)(H,42,43)(H4,32,33,34). The van der Waals surface area contributed by atoms with E-state index in [-0.39, 0.29) is 51.0 Å². The zero-order valence-corrected chi connectivity index (χ0v) is 23.8. The zero-order valence-electron chi connectivity index (χ0n) is 23.8. The summed E-state index contributed by atoms with van der Waals surface area (Å²) in [6.45, 7) is 0.143. The molecular formula is C29H40N8O6. The maximum atomic E-state index is 13.6. The van der Waals surface area contributed by atoms with Crippen molar-refractivity contribution in [3.8, 4) is 0 Å². The summed E-state index contributed by atoms with van der Waals surface area (Å²) in [6.07, 6.45) is 0.118. The van der Waals surface area contributed by atoms with Crippen LogP contribution in [0.15, 0.2) is 65.7 Å². The van der Waals surface area contributed by atoms with Crippen LogP contribution in [0.1, 0.15) is 36.8 Å². The Morgan fingerprint density at radius 1 is 0.698 bits per heavy atom. The third kappa shape index (κ3) is 13.0. The fraction of sp³-hybridized carbons (Fsp3) is 0.379. The number of amides is 4. The van der Waals surface area contributed by atoms with E-state index in [9.17, 15) is 29.1 Å². The van der Waals surface area contributed by atoms with Crippen molar-refractivity contribution in [1.82, 2.24) is 16.0 Å². The molecule has 43 heavy (non-hydrogen) atoms. The van der Waals surface area contributed by atoms with Gasteiger partial charge in [-0.15, -0.1) is 0 Å². The second kappa shape index (κ2) is 17.7. The van der Waals surface area contributed by atoms with Crippen LogP contribution in [0.4, 0.5) is 0 Å². The van der Waals surface area contributed by atoms with Crippen LogP contribution in [0.5, 0.6) is 0 Å². The lowest BCUT2D eigenvalue weighted by molar-refractivity contribution is -0.142. The summed E-state index contributed by atoms with van der Waals surface area (Å²) in [4.78, 5) is 66.5. The van der Waals surface area contributed by atoms with Crippen molar-refractivity contribution >= 4 is 35.6 Å². The van der Waals surface area contributed by atoms with E-state index in [0.29, 0.717) is 0 Å². The number of aliphatic imine (C=N–C) groups is 1. The van der Waals surface area contributed by atoms with E-state index in [2.05, 4.69) is 20.9 Å². The van der Waals surface area contributed by atoms with Gasteiger partial charge in [0, 0.05) is 19.4 Å². The predicted octanol–water partition coefficient (Wildman–Crippen LogP) is -1.34. The van der Waals surface area contributed by atoms with E-state index in [1.54, 1.807) is 30.3 Å². The SMILES string of the molecule is NC(=O)CCC(NC(=O)C(CCCN=C(N)N)NC(=O)C(Cc1ccccc1)NC(=O)C(N)Cc1ccccc1)C(=O)O. The first-order valence-corrected chi connectivity index (χ1v) is 13.8. The molecule has 0 saturated carbocycles.